The summed E-state index contributed by atoms with van der Waals surface area (Å²) in [6.07, 6.45) is 1.18. The molecule has 0 saturated carbocycles. The Balaban J connectivity index is 2.17. The molecule has 1 aliphatic heterocycles. The van der Waals surface area contributed by atoms with Gasteiger partial charge in [0.15, 0.2) is 0 Å². The molecule has 1 saturated heterocycles. The van der Waals surface area contributed by atoms with Crippen LogP contribution >= 0.6 is 11.6 Å². The highest BCUT2D eigenvalue weighted by Gasteiger charge is 2.22. The maximum atomic E-state index is 6.06. The molecule has 1 N–H and O–H groups in total. The van der Waals surface area contributed by atoms with Gasteiger partial charge in [-0.05, 0) is 38.1 Å². The Kier molecular flexibility index (Phi) is 2.81. The van der Waals surface area contributed by atoms with E-state index in [2.05, 4.69) is 16.8 Å². The van der Waals surface area contributed by atoms with E-state index in [-0.39, 0.29) is 0 Å². The summed E-state index contributed by atoms with van der Waals surface area (Å²) in [5.74, 6) is 1.75. The third-order valence-electron chi connectivity index (χ3n) is 3.48. The summed E-state index contributed by atoms with van der Waals surface area (Å²) in [6, 6.07) is 5.93. The molecule has 0 radical (unpaired) electrons. The number of benzene rings is 1. The van der Waals surface area contributed by atoms with Gasteiger partial charge in [0.2, 0.25) is 0 Å². The largest absolute Gasteiger partial charge is 0.328 e. The molecule has 1 unspecified atom stereocenters. The van der Waals surface area contributed by atoms with Crippen LogP contribution in [-0.4, -0.2) is 22.6 Å². The highest BCUT2D eigenvalue weighted by atomic mass is 35.5. The van der Waals surface area contributed by atoms with Crippen molar-refractivity contribution in [3.8, 4) is 0 Å². The molecule has 1 aliphatic rings. The van der Waals surface area contributed by atoms with Gasteiger partial charge in [0.1, 0.15) is 5.82 Å². The second-order valence-electron chi connectivity index (χ2n) is 4.54. The number of fused-ring (bicyclic) bond motifs is 1. The molecule has 0 bridgehead atoms. The zero-order chi connectivity index (χ0) is 11.8. The summed E-state index contributed by atoms with van der Waals surface area (Å²) in [4.78, 5) is 4.77. The highest BCUT2D eigenvalue weighted by Crippen LogP contribution is 2.27. The van der Waals surface area contributed by atoms with Gasteiger partial charge in [0.05, 0.1) is 11.0 Å². The van der Waals surface area contributed by atoms with Crippen LogP contribution in [-0.2, 0) is 6.54 Å². The summed E-state index contributed by atoms with van der Waals surface area (Å²) in [5, 5.41) is 4.18. The zero-order valence-corrected chi connectivity index (χ0v) is 10.7. The molecule has 1 atom stereocenters. The smallest absolute Gasteiger partial charge is 0.114 e. The average molecular weight is 250 g/mol. The number of hydrogen-bond acceptors (Lipinski definition) is 2. The van der Waals surface area contributed by atoms with Crippen LogP contribution in [0.4, 0.5) is 0 Å². The Bertz CT molecular complexity index is 541. The van der Waals surface area contributed by atoms with Gasteiger partial charge in [-0.2, -0.15) is 0 Å². The topological polar surface area (TPSA) is 29.9 Å². The van der Waals surface area contributed by atoms with Gasteiger partial charge in [-0.15, -0.1) is 0 Å². The predicted octanol–water partition coefficient (Wildman–Crippen LogP) is 2.79. The lowest BCUT2D eigenvalue weighted by Crippen LogP contribution is -2.12. The second kappa shape index (κ2) is 4.31. The maximum absolute atomic E-state index is 6.06. The number of hydrogen-bond donors (Lipinski definition) is 1. The third-order valence-corrected chi connectivity index (χ3v) is 3.72. The molecule has 4 heteroatoms. The first kappa shape index (κ1) is 11.1. The van der Waals surface area contributed by atoms with E-state index in [0.29, 0.717) is 5.92 Å². The molecule has 0 spiro atoms. The van der Waals surface area contributed by atoms with E-state index in [9.17, 15) is 0 Å². The van der Waals surface area contributed by atoms with E-state index in [4.69, 9.17) is 16.6 Å². The number of rotatable bonds is 2. The molecule has 90 valence electrons. The molecule has 0 aliphatic carbocycles. The first-order chi connectivity index (χ1) is 8.29. The van der Waals surface area contributed by atoms with Crippen molar-refractivity contribution in [3.63, 3.8) is 0 Å². The molecule has 3 nitrogen and oxygen atoms in total. The van der Waals surface area contributed by atoms with E-state index in [1.807, 2.05) is 18.2 Å². The minimum absolute atomic E-state index is 0.543. The molecular weight excluding hydrogens is 234 g/mol. The van der Waals surface area contributed by atoms with Crippen molar-refractivity contribution in [2.75, 3.05) is 13.1 Å². The van der Waals surface area contributed by atoms with Gasteiger partial charge in [-0.1, -0.05) is 11.6 Å². The van der Waals surface area contributed by atoms with Crippen LogP contribution < -0.4 is 5.32 Å². The lowest BCUT2D eigenvalue weighted by Gasteiger charge is -2.10. The van der Waals surface area contributed by atoms with Gasteiger partial charge in [-0.3, -0.25) is 0 Å². The predicted molar refractivity (Wildman–Crippen MR) is 70.6 cm³/mol. The van der Waals surface area contributed by atoms with Gasteiger partial charge in [0, 0.05) is 24.0 Å². The Hall–Kier alpha value is -1.06. The van der Waals surface area contributed by atoms with Crippen LogP contribution in [0.2, 0.25) is 5.02 Å². The van der Waals surface area contributed by atoms with Crippen molar-refractivity contribution < 1.29 is 0 Å². The van der Waals surface area contributed by atoms with Crippen LogP contribution in [0.3, 0.4) is 0 Å². The molecule has 2 aromatic rings. The lowest BCUT2D eigenvalue weighted by molar-refractivity contribution is 0.631. The number of imidazole rings is 1. The highest BCUT2D eigenvalue weighted by molar-refractivity contribution is 6.31. The summed E-state index contributed by atoms with van der Waals surface area (Å²) in [7, 11) is 0. The molecule has 2 heterocycles. The Morgan fingerprint density at radius 2 is 2.41 bits per heavy atom. The van der Waals surface area contributed by atoms with E-state index in [1.165, 1.54) is 12.2 Å². The Morgan fingerprint density at radius 3 is 3.12 bits per heavy atom. The monoisotopic (exact) mass is 249 g/mol. The van der Waals surface area contributed by atoms with E-state index < -0.39 is 0 Å². The van der Waals surface area contributed by atoms with Crippen molar-refractivity contribution in [2.45, 2.75) is 25.8 Å². The zero-order valence-electron chi connectivity index (χ0n) is 9.91. The van der Waals surface area contributed by atoms with Crippen LogP contribution in [0, 0.1) is 0 Å². The summed E-state index contributed by atoms with van der Waals surface area (Å²) >= 11 is 6.06. The third kappa shape index (κ3) is 1.83. The maximum Gasteiger partial charge on any atom is 0.114 e. The molecule has 3 rings (SSSR count). The molecule has 1 aromatic heterocycles. The fraction of sp³-hybridized carbons (Fsp3) is 0.462. The molecule has 17 heavy (non-hydrogen) atoms. The molecular formula is C13H16ClN3. The van der Waals surface area contributed by atoms with E-state index >= 15 is 0 Å². The first-order valence-corrected chi connectivity index (χ1v) is 6.54. The minimum Gasteiger partial charge on any atom is -0.328 e. The Labute approximate surface area is 106 Å². The Morgan fingerprint density at radius 1 is 1.53 bits per heavy atom. The number of halogens is 1. The lowest BCUT2D eigenvalue weighted by atomic mass is 10.1. The van der Waals surface area contributed by atoms with Gasteiger partial charge < -0.3 is 9.88 Å². The SMILES string of the molecule is CCn1c(C2CCNC2)nc2ccc(Cl)cc21. The van der Waals surface area contributed by atoms with Crippen molar-refractivity contribution in [3.05, 3.63) is 29.0 Å². The second-order valence-corrected chi connectivity index (χ2v) is 4.97. The number of nitrogens with one attached hydrogen (secondary N) is 1. The van der Waals surface area contributed by atoms with Crippen molar-refractivity contribution in [1.82, 2.24) is 14.9 Å². The number of aryl methyl sites for hydroxylation is 1. The van der Waals surface area contributed by atoms with Crippen LogP contribution in [0.15, 0.2) is 18.2 Å². The molecule has 1 fully saturated rings. The summed E-state index contributed by atoms with van der Waals surface area (Å²) in [5.41, 5.74) is 2.21. The normalized spacial score (nSPS) is 20.2. The van der Waals surface area contributed by atoms with Crippen LogP contribution in [0.1, 0.15) is 25.1 Å². The van der Waals surface area contributed by atoms with Gasteiger partial charge in [-0.25, -0.2) is 4.98 Å². The fourth-order valence-corrected chi connectivity index (χ4v) is 2.80. The summed E-state index contributed by atoms with van der Waals surface area (Å²) in [6.45, 7) is 5.24. The van der Waals surface area contributed by atoms with Gasteiger partial charge >= 0.3 is 0 Å². The number of nitrogens with zero attached hydrogens (tertiary/aromatic N) is 2. The fourth-order valence-electron chi connectivity index (χ4n) is 2.63. The first-order valence-electron chi connectivity index (χ1n) is 6.16. The average Bonchev–Trinajstić information content (AvgIpc) is 2.94. The number of aromatic nitrogens is 2. The van der Waals surface area contributed by atoms with Gasteiger partial charge in [0.25, 0.3) is 0 Å². The van der Waals surface area contributed by atoms with Crippen LogP contribution in [0.5, 0.6) is 0 Å². The molecule has 1 aromatic carbocycles. The standard InChI is InChI=1S/C13H16ClN3/c1-2-17-12-7-10(14)3-4-11(12)16-13(17)9-5-6-15-8-9/h3-4,7,9,15H,2,5-6,8H2,1H3. The quantitative estimate of drug-likeness (QED) is 0.887. The summed E-state index contributed by atoms with van der Waals surface area (Å²) < 4.78 is 2.29. The van der Waals surface area contributed by atoms with Crippen molar-refractivity contribution in [2.24, 2.45) is 0 Å². The van der Waals surface area contributed by atoms with E-state index in [0.717, 1.165) is 35.7 Å². The minimum atomic E-state index is 0.543. The van der Waals surface area contributed by atoms with Crippen molar-refractivity contribution >= 4 is 22.6 Å². The van der Waals surface area contributed by atoms with E-state index in [1.54, 1.807) is 0 Å². The molecule has 0 amide bonds. The van der Waals surface area contributed by atoms with Crippen LogP contribution in [0.25, 0.3) is 11.0 Å². The van der Waals surface area contributed by atoms with Crippen molar-refractivity contribution in [1.29, 1.82) is 0 Å².